The number of azide groups is 1. The first-order chi connectivity index (χ1) is 9.77. The highest BCUT2D eigenvalue weighted by atomic mass is 16.5. The lowest BCUT2D eigenvalue weighted by Gasteiger charge is -2.46. The molecule has 1 amide bonds. The van der Waals surface area contributed by atoms with Crippen LogP contribution in [0, 0.1) is 5.92 Å². The highest BCUT2D eigenvalue weighted by Crippen LogP contribution is 2.30. The number of ether oxygens (including phenoxy) is 2. The fourth-order valence-corrected chi connectivity index (χ4v) is 2.75. The minimum Gasteiger partial charge on any atom is -0.373 e. The van der Waals surface area contributed by atoms with Gasteiger partial charge in [0.2, 0.25) is 5.91 Å². The summed E-state index contributed by atoms with van der Waals surface area (Å²) in [6.07, 6.45) is -0.887. The van der Waals surface area contributed by atoms with E-state index in [1.807, 2.05) is 34.6 Å². The minimum absolute atomic E-state index is 0.0410. The third-order valence-electron chi connectivity index (χ3n) is 3.54. The van der Waals surface area contributed by atoms with Crippen molar-refractivity contribution in [1.82, 2.24) is 5.32 Å². The molecule has 21 heavy (non-hydrogen) atoms. The van der Waals surface area contributed by atoms with Gasteiger partial charge in [-0.1, -0.05) is 19.0 Å². The normalized spacial score (nSPS) is 32.9. The summed E-state index contributed by atoms with van der Waals surface area (Å²) >= 11 is 0. The van der Waals surface area contributed by atoms with E-state index in [1.54, 1.807) is 0 Å². The summed E-state index contributed by atoms with van der Waals surface area (Å²) in [7, 11) is 0. The van der Waals surface area contributed by atoms with E-state index in [-0.39, 0.29) is 36.2 Å². The van der Waals surface area contributed by atoms with E-state index in [1.165, 1.54) is 6.92 Å². The van der Waals surface area contributed by atoms with Crippen LogP contribution in [0.15, 0.2) is 5.11 Å². The fourth-order valence-electron chi connectivity index (χ4n) is 2.75. The molecule has 0 spiro atoms. The predicted octanol–water partition coefficient (Wildman–Crippen LogP) is 2.41. The molecule has 1 fully saturated rings. The number of carbonyl (C=O) groups is 1. The predicted molar refractivity (Wildman–Crippen MR) is 79.7 cm³/mol. The van der Waals surface area contributed by atoms with Crippen molar-refractivity contribution in [2.24, 2.45) is 11.0 Å². The molecule has 1 N–H and O–H groups in total. The van der Waals surface area contributed by atoms with Crippen molar-refractivity contribution in [2.75, 3.05) is 0 Å². The van der Waals surface area contributed by atoms with Crippen LogP contribution in [-0.2, 0) is 14.3 Å². The maximum absolute atomic E-state index is 11.5. The van der Waals surface area contributed by atoms with Crippen LogP contribution < -0.4 is 5.32 Å². The monoisotopic (exact) mass is 298 g/mol. The van der Waals surface area contributed by atoms with Crippen LogP contribution in [0.25, 0.3) is 10.4 Å². The minimum atomic E-state index is -0.468. The summed E-state index contributed by atoms with van der Waals surface area (Å²) in [4.78, 5) is 14.4. The first-order valence-corrected chi connectivity index (χ1v) is 7.40. The first kappa shape index (κ1) is 17.8. The second-order valence-corrected chi connectivity index (χ2v) is 6.12. The Bertz CT molecular complexity index is 407. The number of amides is 1. The number of nitrogens with zero attached hydrogens (tertiary/aromatic N) is 3. The molecule has 0 radical (unpaired) electrons. The van der Waals surface area contributed by atoms with E-state index in [9.17, 15) is 4.79 Å². The largest absolute Gasteiger partial charge is 0.373 e. The molecular formula is C14H26N4O3. The van der Waals surface area contributed by atoms with Crippen LogP contribution in [0.4, 0.5) is 0 Å². The molecule has 0 aromatic carbocycles. The van der Waals surface area contributed by atoms with Crippen molar-refractivity contribution < 1.29 is 14.3 Å². The van der Waals surface area contributed by atoms with Crippen LogP contribution >= 0.6 is 0 Å². The average Bonchev–Trinajstić information content (AvgIpc) is 2.35. The van der Waals surface area contributed by atoms with E-state index in [4.69, 9.17) is 15.0 Å². The molecule has 5 atom stereocenters. The third-order valence-corrected chi connectivity index (χ3v) is 3.54. The Kier molecular flexibility index (Phi) is 6.45. The molecule has 1 aliphatic rings. The Morgan fingerprint density at radius 3 is 2.43 bits per heavy atom. The van der Waals surface area contributed by atoms with Gasteiger partial charge in [-0.25, -0.2) is 0 Å². The topological polar surface area (TPSA) is 96.3 Å². The molecule has 7 nitrogen and oxygen atoms in total. The van der Waals surface area contributed by atoms with Crippen LogP contribution in [0.1, 0.15) is 41.5 Å². The molecule has 0 bridgehead atoms. The third kappa shape index (κ3) is 4.59. The summed E-state index contributed by atoms with van der Waals surface area (Å²) < 4.78 is 11.9. The van der Waals surface area contributed by atoms with Gasteiger partial charge in [0, 0.05) is 11.8 Å². The van der Waals surface area contributed by atoms with Gasteiger partial charge in [-0.3, -0.25) is 4.79 Å². The molecule has 0 aromatic heterocycles. The second kappa shape index (κ2) is 7.64. The van der Waals surface area contributed by atoms with Gasteiger partial charge in [0.05, 0.1) is 36.5 Å². The summed E-state index contributed by atoms with van der Waals surface area (Å²) in [6.45, 7) is 11.2. The second-order valence-electron chi connectivity index (χ2n) is 6.12. The molecule has 0 saturated carbocycles. The molecular weight excluding hydrogens is 272 g/mol. The molecule has 1 heterocycles. The molecule has 0 aromatic rings. The van der Waals surface area contributed by atoms with Gasteiger partial charge < -0.3 is 14.8 Å². The Morgan fingerprint density at radius 1 is 1.38 bits per heavy atom. The molecule has 2 unspecified atom stereocenters. The zero-order valence-corrected chi connectivity index (χ0v) is 13.6. The quantitative estimate of drug-likeness (QED) is 0.479. The first-order valence-electron chi connectivity index (χ1n) is 7.40. The lowest BCUT2D eigenvalue weighted by atomic mass is 9.86. The van der Waals surface area contributed by atoms with E-state index < -0.39 is 12.1 Å². The summed E-state index contributed by atoms with van der Waals surface area (Å²) in [5, 5.41) is 6.74. The van der Waals surface area contributed by atoms with E-state index in [2.05, 4.69) is 15.3 Å². The lowest BCUT2D eigenvalue weighted by Crippen LogP contribution is -2.64. The van der Waals surface area contributed by atoms with Crippen LogP contribution in [0.3, 0.4) is 0 Å². The Balaban J connectivity index is 3.15. The van der Waals surface area contributed by atoms with Crippen LogP contribution in [-0.4, -0.2) is 42.4 Å². The highest BCUT2D eigenvalue weighted by molar-refractivity contribution is 5.73. The van der Waals surface area contributed by atoms with Gasteiger partial charge in [0.25, 0.3) is 0 Å². The number of hydrogen-bond donors (Lipinski definition) is 1. The van der Waals surface area contributed by atoms with E-state index >= 15 is 0 Å². The zero-order valence-electron chi connectivity index (χ0n) is 13.6. The smallest absolute Gasteiger partial charge is 0.217 e. The lowest BCUT2D eigenvalue weighted by molar-refractivity contribution is -0.168. The van der Waals surface area contributed by atoms with Gasteiger partial charge in [-0.15, -0.1) is 0 Å². The Hall–Kier alpha value is -1.30. The molecule has 120 valence electrons. The molecule has 1 saturated heterocycles. The fraction of sp³-hybridized carbons (Fsp3) is 0.929. The van der Waals surface area contributed by atoms with Crippen molar-refractivity contribution in [1.29, 1.82) is 0 Å². The highest BCUT2D eigenvalue weighted by Gasteiger charge is 2.46. The number of nitrogens with one attached hydrogen (secondary N) is 1. The summed E-state index contributed by atoms with van der Waals surface area (Å²) in [5.74, 6) is 0.0513. The Morgan fingerprint density at radius 2 is 2.00 bits per heavy atom. The van der Waals surface area contributed by atoms with Gasteiger partial charge in [0.1, 0.15) is 0 Å². The Labute approximate surface area is 126 Å². The van der Waals surface area contributed by atoms with Crippen LogP contribution in [0.5, 0.6) is 0 Å². The van der Waals surface area contributed by atoms with E-state index in [0.29, 0.717) is 0 Å². The van der Waals surface area contributed by atoms with Crippen molar-refractivity contribution in [2.45, 2.75) is 78.0 Å². The van der Waals surface area contributed by atoms with Crippen molar-refractivity contribution in [3.8, 4) is 0 Å². The summed E-state index contributed by atoms with van der Waals surface area (Å²) in [5.41, 5.74) is 8.79. The molecule has 1 aliphatic heterocycles. The molecule has 0 aliphatic carbocycles. The molecule has 1 rings (SSSR count). The van der Waals surface area contributed by atoms with Gasteiger partial charge in [-0.2, -0.15) is 0 Å². The van der Waals surface area contributed by atoms with Gasteiger partial charge >= 0.3 is 0 Å². The van der Waals surface area contributed by atoms with Gasteiger partial charge in [0.15, 0.2) is 0 Å². The van der Waals surface area contributed by atoms with Crippen molar-refractivity contribution >= 4 is 5.91 Å². The average molecular weight is 298 g/mol. The number of carbonyl (C=O) groups excluding carboxylic acids is 1. The number of rotatable bonds is 5. The standard InChI is InChI=1S/C14H26N4O3/c1-7(2)13-12(16-10(6)19)14(20-8(3)4)11(17-18-15)9(5)21-13/h7-9,11-14H,1-6H3,(H,16,19)/t9?,11-,12?,13-,14-/m0/s1. The number of hydrogen-bond acceptors (Lipinski definition) is 4. The van der Waals surface area contributed by atoms with Crippen LogP contribution in [0.2, 0.25) is 0 Å². The molecule has 7 heteroatoms. The maximum atomic E-state index is 11.5. The van der Waals surface area contributed by atoms with Crippen molar-refractivity contribution in [3.05, 3.63) is 10.4 Å². The SMILES string of the molecule is CC(=O)NC1[C@H](C(C)C)OC(C)[C@H](N=[N+]=[N-])[C@@H]1OC(C)C. The van der Waals surface area contributed by atoms with Crippen molar-refractivity contribution in [3.63, 3.8) is 0 Å². The maximum Gasteiger partial charge on any atom is 0.217 e. The zero-order chi connectivity index (χ0) is 16.2. The summed E-state index contributed by atoms with van der Waals surface area (Å²) in [6, 6.07) is -0.805. The van der Waals surface area contributed by atoms with Gasteiger partial charge in [-0.05, 0) is 32.2 Å². The van der Waals surface area contributed by atoms with E-state index in [0.717, 1.165) is 0 Å².